The first-order chi connectivity index (χ1) is 14.2. The number of aliphatic carboxylic acids is 1. The van der Waals surface area contributed by atoms with Gasteiger partial charge >= 0.3 is 5.97 Å². The van der Waals surface area contributed by atoms with Crippen molar-refractivity contribution in [1.82, 2.24) is 0 Å². The summed E-state index contributed by atoms with van der Waals surface area (Å²) in [6.45, 7) is 5.79. The molecule has 1 N–H and O–H groups in total. The Balaban J connectivity index is 0.000000248. The van der Waals surface area contributed by atoms with E-state index in [1.807, 2.05) is 39.0 Å². The molecule has 30 heavy (non-hydrogen) atoms. The maximum Gasteiger partial charge on any atom is 0.377 e. The lowest BCUT2D eigenvalue weighted by molar-refractivity contribution is -0.131. The van der Waals surface area contributed by atoms with E-state index < -0.39 is 19.6 Å². The van der Waals surface area contributed by atoms with Crippen LogP contribution in [0.4, 0.5) is 0 Å². The molecule has 0 aromatic heterocycles. The summed E-state index contributed by atoms with van der Waals surface area (Å²) < 4.78 is 12.4. The monoisotopic (exact) mass is 422 g/mol. The second kappa shape index (κ2) is 10.5. The minimum absolute atomic E-state index is 0.208. The van der Waals surface area contributed by atoms with Gasteiger partial charge in [0.1, 0.15) is 0 Å². The third-order valence-electron chi connectivity index (χ3n) is 4.38. The van der Waals surface area contributed by atoms with Crippen LogP contribution in [-0.4, -0.2) is 22.4 Å². The van der Waals surface area contributed by atoms with Crippen molar-refractivity contribution in [1.29, 1.82) is 0 Å². The highest BCUT2D eigenvalue weighted by Gasteiger charge is 2.20. The Kier molecular flexibility index (Phi) is 8.02. The molecule has 1 unspecified atom stereocenters. The molecule has 0 fully saturated rings. The molecule has 0 aliphatic carbocycles. The Morgan fingerprint density at radius 2 is 1.23 bits per heavy atom. The van der Waals surface area contributed by atoms with Crippen molar-refractivity contribution >= 4 is 30.4 Å². The highest BCUT2D eigenvalue weighted by molar-refractivity contribution is 7.71. The van der Waals surface area contributed by atoms with Crippen molar-refractivity contribution in [3.05, 3.63) is 101 Å². The Morgan fingerprint density at radius 1 is 0.767 bits per heavy atom. The van der Waals surface area contributed by atoms with Crippen LogP contribution in [0.15, 0.2) is 72.8 Å². The zero-order valence-corrected chi connectivity index (χ0v) is 18.0. The average molecular weight is 422 g/mol. The number of rotatable bonds is 5. The van der Waals surface area contributed by atoms with Gasteiger partial charge < -0.3 is 9.67 Å². The van der Waals surface area contributed by atoms with Crippen LogP contribution in [0.2, 0.25) is 0 Å². The highest BCUT2D eigenvalue weighted by atomic mass is 31.1. The molecule has 3 rings (SSSR count). The minimum Gasteiger partial charge on any atom is -0.475 e. The van der Waals surface area contributed by atoms with Crippen molar-refractivity contribution in [3.63, 3.8) is 0 Å². The predicted octanol–water partition coefficient (Wildman–Crippen LogP) is 4.59. The Hall–Kier alpha value is -3.30. The number of hydrogen-bond acceptors (Lipinski definition) is 4. The smallest absolute Gasteiger partial charge is 0.377 e. The maximum atomic E-state index is 12.4. The largest absolute Gasteiger partial charge is 0.475 e. The molecule has 5 nitrogen and oxygen atoms in total. The first-order valence-corrected chi connectivity index (χ1v) is 10.7. The number of carboxylic acid groups (broad SMARTS) is 1. The first kappa shape index (κ1) is 23.0. The normalized spacial score (nSPS) is 11.0. The van der Waals surface area contributed by atoms with Crippen molar-refractivity contribution < 1.29 is 24.1 Å². The van der Waals surface area contributed by atoms with Gasteiger partial charge in [0.05, 0.1) is 0 Å². The lowest BCUT2D eigenvalue weighted by atomic mass is 10.0. The molecule has 0 aliphatic rings. The fourth-order valence-electron chi connectivity index (χ4n) is 3.09. The van der Waals surface area contributed by atoms with Crippen molar-refractivity contribution in [2.24, 2.45) is 0 Å². The SMILES string of the molecule is Cc1cc(C)c(C(=O)[PH](=O)c2ccccc2)c(C)c1.O=C(O)C(=O)c1ccccc1. The molecule has 0 heterocycles. The number of carbonyl (C=O) groups is 3. The molecule has 6 heteroatoms. The van der Waals surface area contributed by atoms with Crippen molar-refractivity contribution in [2.45, 2.75) is 20.8 Å². The van der Waals surface area contributed by atoms with Gasteiger partial charge in [-0.3, -0.25) is 9.59 Å². The van der Waals surface area contributed by atoms with Gasteiger partial charge in [0.2, 0.25) is 5.52 Å². The summed E-state index contributed by atoms with van der Waals surface area (Å²) in [5.41, 5.74) is 3.49. The van der Waals surface area contributed by atoms with Crippen LogP contribution < -0.4 is 5.30 Å². The third kappa shape index (κ3) is 5.85. The highest BCUT2D eigenvalue weighted by Crippen LogP contribution is 2.30. The summed E-state index contributed by atoms with van der Waals surface area (Å²) in [5, 5.41) is 8.91. The Labute approximate surface area is 176 Å². The molecule has 0 radical (unpaired) electrons. The van der Waals surface area contributed by atoms with E-state index in [0.29, 0.717) is 10.9 Å². The second-order valence-corrected chi connectivity index (χ2v) is 8.49. The van der Waals surface area contributed by atoms with Gasteiger partial charge in [-0.1, -0.05) is 78.4 Å². The average Bonchev–Trinajstić information content (AvgIpc) is 2.73. The summed E-state index contributed by atoms with van der Waals surface area (Å²) in [6, 6.07) is 20.8. The predicted molar refractivity (Wildman–Crippen MR) is 118 cm³/mol. The van der Waals surface area contributed by atoms with Crippen LogP contribution in [-0.2, 0) is 9.36 Å². The van der Waals surface area contributed by atoms with E-state index in [1.54, 1.807) is 42.5 Å². The van der Waals surface area contributed by atoms with Gasteiger partial charge in [-0.25, -0.2) is 4.79 Å². The molecule has 0 aliphatic heterocycles. The minimum atomic E-state index is -2.44. The Bertz CT molecular complexity index is 1070. The zero-order chi connectivity index (χ0) is 22.3. The van der Waals surface area contributed by atoms with Gasteiger partial charge in [0.15, 0.2) is 7.80 Å². The van der Waals surface area contributed by atoms with E-state index in [1.165, 1.54) is 12.1 Å². The number of aryl methyl sites for hydroxylation is 3. The molecule has 0 saturated carbocycles. The van der Waals surface area contributed by atoms with E-state index in [9.17, 15) is 18.9 Å². The summed E-state index contributed by atoms with van der Waals surface area (Å²) >= 11 is 0. The summed E-state index contributed by atoms with van der Waals surface area (Å²) in [5.74, 6) is -2.29. The molecular formula is C24H23O5P. The standard InChI is InChI=1S/C16H17O2P.C8H6O3/c1-11-9-12(2)15(13(3)10-11)16(17)19(18)14-7-5-4-6-8-14;9-7(8(10)11)6-4-2-1-3-5-6/h4-10,19H,1-3H3;1-5H,(H,10,11). The molecule has 154 valence electrons. The molecule has 3 aromatic carbocycles. The molecule has 0 saturated heterocycles. The Morgan fingerprint density at radius 3 is 1.70 bits per heavy atom. The second-order valence-electron chi connectivity index (χ2n) is 6.80. The number of ketones is 1. The zero-order valence-electron chi connectivity index (χ0n) is 17.0. The van der Waals surface area contributed by atoms with Gasteiger partial charge in [0, 0.05) is 16.4 Å². The van der Waals surface area contributed by atoms with Crippen LogP contribution in [0.1, 0.15) is 37.4 Å². The van der Waals surface area contributed by atoms with Crippen LogP contribution in [0.3, 0.4) is 0 Å². The fraction of sp³-hybridized carbons (Fsp3) is 0.125. The topological polar surface area (TPSA) is 88.5 Å². The molecule has 0 bridgehead atoms. The van der Waals surface area contributed by atoms with E-state index in [4.69, 9.17) is 5.11 Å². The third-order valence-corrected chi connectivity index (χ3v) is 5.90. The number of benzene rings is 3. The van der Waals surface area contributed by atoms with E-state index >= 15 is 0 Å². The fourth-order valence-corrected chi connectivity index (χ4v) is 4.46. The molecule has 0 amide bonds. The number of hydrogen-bond donors (Lipinski definition) is 1. The lowest BCUT2D eigenvalue weighted by Gasteiger charge is -2.10. The van der Waals surface area contributed by atoms with E-state index in [2.05, 4.69) is 0 Å². The van der Waals surface area contributed by atoms with Gasteiger partial charge in [-0.05, 0) is 31.9 Å². The molecule has 0 spiro atoms. The summed E-state index contributed by atoms with van der Waals surface area (Å²) in [7, 11) is -2.44. The van der Waals surface area contributed by atoms with Crippen molar-refractivity contribution in [2.75, 3.05) is 0 Å². The maximum absolute atomic E-state index is 12.4. The van der Waals surface area contributed by atoms with Crippen LogP contribution in [0.25, 0.3) is 0 Å². The van der Waals surface area contributed by atoms with E-state index in [0.717, 1.165) is 16.7 Å². The summed E-state index contributed by atoms with van der Waals surface area (Å²) in [6.07, 6.45) is 0. The quantitative estimate of drug-likeness (QED) is 0.369. The lowest BCUT2D eigenvalue weighted by Crippen LogP contribution is -2.12. The summed E-state index contributed by atoms with van der Waals surface area (Å²) in [4.78, 5) is 33.3. The van der Waals surface area contributed by atoms with Gasteiger partial charge in [0.25, 0.3) is 5.78 Å². The first-order valence-electron chi connectivity index (χ1n) is 9.27. The van der Waals surface area contributed by atoms with Crippen LogP contribution in [0, 0.1) is 20.8 Å². The van der Waals surface area contributed by atoms with Gasteiger partial charge in [-0.15, -0.1) is 0 Å². The molecular weight excluding hydrogens is 399 g/mol. The molecule has 1 atom stereocenters. The number of carboxylic acids is 1. The number of Topliss-reactive ketones (excluding diaryl/α,β-unsaturated/α-hetero) is 1. The number of carbonyl (C=O) groups excluding carboxylic acids is 2. The van der Waals surface area contributed by atoms with Crippen LogP contribution in [0.5, 0.6) is 0 Å². The van der Waals surface area contributed by atoms with Gasteiger partial charge in [-0.2, -0.15) is 0 Å². The van der Waals surface area contributed by atoms with Crippen molar-refractivity contribution in [3.8, 4) is 0 Å². The van der Waals surface area contributed by atoms with E-state index in [-0.39, 0.29) is 11.1 Å². The molecule has 3 aromatic rings. The van der Waals surface area contributed by atoms with Crippen LogP contribution >= 0.6 is 7.80 Å².